The van der Waals surface area contributed by atoms with Gasteiger partial charge in [-0.3, -0.25) is 0 Å². The molecular weight excluding hydrogens is 424 g/mol. The fourth-order valence-electron chi connectivity index (χ4n) is 0.936. The Balaban J connectivity index is 3.24. The third-order valence-corrected chi connectivity index (χ3v) is 2.85. The average molecular weight is 427 g/mol. The molecule has 1 aromatic heterocycles. The highest BCUT2D eigenvalue weighted by molar-refractivity contribution is 14.1. The van der Waals surface area contributed by atoms with Crippen molar-refractivity contribution in [3.05, 3.63) is 25.4 Å². The molecule has 0 N–H and O–H groups in total. The number of alkyl halides is 4. The molecule has 0 saturated heterocycles. The topological polar surface area (TPSA) is 65.3 Å². The van der Waals surface area contributed by atoms with Gasteiger partial charge in [0.1, 0.15) is 3.57 Å². The summed E-state index contributed by atoms with van der Waals surface area (Å²) in [5.41, 5.74) is -0.186. The Hall–Kier alpha value is -0.650. The van der Waals surface area contributed by atoms with E-state index in [9.17, 15) is 23.3 Å². The predicted molar refractivity (Wildman–Crippen MR) is 62.9 cm³/mol. The van der Waals surface area contributed by atoms with Crippen LogP contribution in [0.2, 0.25) is 0 Å². The molecule has 0 radical (unpaired) electrons. The summed E-state index contributed by atoms with van der Waals surface area (Å²) in [6, 6.07) is 0.926. The van der Waals surface area contributed by atoms with Gasteiger partial charge in [0.25, 0.3) is 0 Å². The first-order valence-electron chi connectivity index (χ1n) is 3.90. The van der Waals surface area contributed by atoms with Crippen LogP contribution in [-0.2, 0) is 5.33 Å². The minimum absolute atomic E-state index is 0.0310. The minimum Gasteiger partial charge on any atom is -0.401 e. The Kier molecular flexibility index (Phi) is 4.52. The van der Waals surface area contributed by atoms with E-state index in [0.29, 0.717) is 0 Å². The molecule has 0 bridgehead atoms. The summed E-state index contributed by atoms with van der Waals surface area (Å²) in [7, 11) is 0. The third-order valence-electron chi connectivity index (χ3n) is 1.52. The van der Waals surface area contributed by atoms with Crippen molar-refractivity contribution in [1.82, 2.24) is 4.98 Å². The Labute approximate surface area is 115 Å². The van der Waals surface area contributed by atoms with Crippen LogP contribution in [-0.4, -0.2) is 16.3 Å². The van der Waals surface area contributed by atoms with Crippen LogP contribution in [0.15, 0.2) is 6.07 Å². The molecule has 0 saturated carbocycles. The van der Waals surface area contributed by atoms with Crippen molar-refractivity contribution >= 4 is 44.3 Å². The van der Waals surface area contributed by atoms with Crippen LogP contribution < -0.4 is 4.74 Å². The molecule has 1 heterocycles. The lowest BCUT2D eigenvalue weighted by atomic mass is 10.3. The number of rotatable bonds is 3. The van der Waals surface area contributed by atoms with E-state index in [1.165, 1.54) is 22.6 Å². The molecule has 0 aromatic carbocycles. The summed E-state index contributed by atoms with van der Waals surface area (Å²) >= 11 is 4.41. The van der Waals surface area contributed by atoms with Gasteiger partial charge in [0.05, 0.1) is 5.33 Å². The first-order valence-corrected chi connectivity index (χ1v) is 6.10. The van der Waals surface area contributed by atoms with E-state index in [2.05, 4.69) is 25.7 Å². The Morgan fingerprint density at radius 2 is 2.18 bits per heavy atom. The van der Waals surface area contributed by atoms with E-state index >= 15 is 0 Å². The molecule has 0 aliphatic carbocycles. The van der Waals surface area contributed by atoms with Gasteiger partial charge in [0.15, 0.2) is 5.75 Å². The van der Waals surface area contributed by atoms with E-state index in [1.807, 2.05) is 0 Å². The van der Waals surface area contributed by atoms with Gasteiger partial charge in [-0.1, -0.05) is 15.9 Å². The highest BCUT2D eigenvalue weighted by Gasteiger charge is 2.34. The van der Waals surface area contributed by atoms with Gasteiger partial charge < -0.3 is 14.9 Å². The summed E-state index contributed by atoms with van der Waals surface area (Å²) < 4.78 is 39.8. The molecule has 0 atom stereocenters. The van der Waals surface area contributed by atoms with Gasteiger partial charge in [0.2, 0.25) is 5.69 Å². The number of hydrogen-bond donors (Lipinski definition) is 0. The summed E-state index contributed by atoms with van der Waals surface area (Å²) in [6.45, 7) is 0. The quantitative estimate of drug-likeness (QED) is 0.321. The van der Waals surface area contributed by atoms with E-state index in [4.69, 9.17) is 0 Å². The van der Waals surface area contributed by atoms with Crippen molar-refractivity contribution in [2.45, 2.75) is 11.7 Å². The summed E-state index contributed by atoms with van der Waals surface area (Å²) in [5, 5.41) is 10.5. The van der Waals surface area contributed by atoms with Crippen molar-refractivity contribution in [1.29, 1.82) is 0 Å². The summed E-state index contributed by atoms with van der Waals surface area (Å²) in [6.07, 6.45) is -4.86. The maximum Gasteiger partial charge on any atom is 0.573 e. The van der Waals surface area contributed by atoms with Crippen molar-refractivity contribution in [3.8, 4) is 5.75 Å². The normalized spacial score (nSPS) is 11.4. The third kappa shape index (κ3) is 3.94. The first kappa shape index (κ1) is 14.4. The van der Waals surface area contributed by atoms with Crippen LogP contribution in [0.25, 0.3) is 0 Å². The van der Waals surface area contributed by atoms with Crippen molar-refractivity contribution in [3.63, 3.8) is 0 Å². The summed E-state index contributed by atoms with van der Waals surface area (Å²) in [4.78, 5) is 13.3. The number of hydrogen-bond acceptors (Lipinski definition) is 4. The minimum atomic E-state index is -4.86. The van der Waals surface area contributed by atoms with Crippen LogP contribution >= 0.6 is 38.5 Å². The van der Waals surface area contributed by atoms with Crippen LogP contribution in [0.5, 0.6) is 5.75 Å². The summed E-state index contributed by atoms with van der Waals surface area (Å²) in [5.74, 6) is -1.06. The zero-order valence-electron chi connectivity index (χ0n) is 7.79. The average Bonchev–Trinajstić information content (AvgIpc) is 2.14. The Morgan fingerprint density at radius 3 is 2.59 bits per heavy atom. The molecule has 10 heteroatoms. The maximum atomic E-state index is 12.0. The van der Waals surface area contributed by atoms with Crippen LogP contribution in [0.1, 0.15) is 5.69 Å². The predicted octanol–water partition coefficient (Wildman–Crippen LogP) is 3.39. The molecule has 0 aliphatic heterocycles. The van der Waals surface area contributed by atoms with E-state index < -0.39 is 22.9 Å². The van der Waals surface area contributed by atoms with Gasteiger partial charge in [0, 0.05) is 6.07 Å². The molecule has 0 aliphatic rings. The fourth-order valence-corrected chi connectivity index (χ4v) is 1.94. The van der Waals surface area contributed by atoms with Gasteiger partial charge in [-0.2, -0.15) is 0 Å². The Morgan fingerprint density at radius 1 is 1.59 bits per heavy atom. The number of aromatic nitrogens is 1. The SMILES string of the molecule is O=[N+]([O-])c1nc(CBr)c(OC(F)(F)F)cc1I. The van der Waals surface area contributed by atoms with Crippen LogP contribution in [0.3, 0.4) is 0 Å². The lowest BCUT2D eigenvalue weighted by Gasteiger charge is -2.09. The van der Waals surface area contributed by atoms with E-state index in [1.54, 1.807) is 0 Å². The fraction of sp³-hybridized carbons (Fsp3) is 0.286. The van der Waals surface area contributed by atoms with Crippen molar-refractivity contribution in [2.24, 2.45) is 0 Å². The number of pyridine rings is 1. The zero-order chi connectivity index (χ0) is 13.2. The number of ether oxygens (including phenoxy) is 1. The molecule has 0 fully saturated rings. The van der Waals surface area contributed by atoms with E-state index in [-0.39, 0.29) is 14.6 Å². The number of nitrogens with zero attached hydrogens (tertiary/aromatic N) is 2. The van der Waals surface area contributed by atoms with Gasteiger partial charge >= 0.3 is 12.2 Å². The molecule has 94 valence electrons. The molecule has 0 spiro atoms. The monoisotopic (exact) mass is 426 g/mol. The Bertz CT molecular complexity index is 455. The van der Waals surface area contributed by atoms with E-state index in [0.717, 1.165) is 6.07 Å². The number of nitro groups is 1. The number of halogens is 5. The lowest BCUT2D eigenvalue weighted by molar-refractivity contribution is -0.390. The molecule has 5 nitrogen and oxygen atoms in total. The van der Waals surface area contributed by atoms with Crippen LogP contribution in [0.4, 0.5) is 19.0 Å². The lowest BCUT2D eigenvalue weighted by Crippen LogP contribution is -2.18. The van der Waals surface area contributed by atoms with Gasteiger partial charge in [-0.15, -0.1) is 13.2 Å². The molecule has 0 unspecified atom stereocenters. The molecule has 1 rings (SSSR count). The maximum absolute atomic E-state index is 12.0. The zero-order valence-corrected chi connectivity index (χ0v) is 11.5. The second kappa shape index (κ2) is 5.33. The largest absolute Gasteiger partial charge is 0.573 e. The van der Waals surface area contributed by atoms with Crippen molar-refractivity contribution < 1.29 is 22.8 Å². The molecule has 17 heavy (non-hydrogen) atoms. The first-order chi connectivity index (χ1) is 7.74. The van der Waals surface area contributed by atoms with Crippen LogP contribution in [0, 0.1) is 13.7 Å². The van der Waals surface area contributed by atoms with Crippen molar-refractivity contribution in [2.75, 3.05) is 0 Å². The second-order valence-corrected chi connectivity index (χ2v) is 4.40. The molecular formula is C7H3BrF3IN2O3. The standard InChI is InChI=1S/C7H3BrF3IN2O3/c8-2-4-5(17-7(9,10)11)1-3(12)6(13-4)14(15)16/h1H,2H2. The highest BCUT2D eigenvalue weighted by atomic mass is 127. The van der Waals surface area contributed by atoms with Gasteiger partial charge in [-0.25, -0.2) is 0 Å². The molecule has 1 aromatic rings. The second-order valence-electron chi connectivity index (χ2n) is 2.68. The molecule has 0 amide bonds. The highest BCUT2D eigenvalue weighted by Crippen LogP contribution is 2.31. The van der Waals surface area contributed by atoms with Gasteiger partial charge in [-0.05, 0) is 32.5 Å². The smallest absolute Gasteiger partial charge is 0.401 e.